The summed E-state index contributed by atoms with van der Waals surface area (Å²) in [6.07, 6.45) is 6.08. The second-order valence-corrected chi connectivity index (χ2v) is 7.02. The van der Waals surface area contributed by atoms with Crippen molar-refractivity contribution in [3.05, 3.63) is 50.9 Å². The molecular weight excluding hydrogens is 284 g/mol. The highest BCUT2D eigenvalue weighted by molar-refractivity contribution is 7.10. The number of aliphatic imine (C=N–C) groups is 1. The Balaban J connectivity index is 1.70. The van der Waals surface area contributed by atoms with Crippen molar-refractivity contribution in [3.63, 3.8) is 0 Å². The van der Waals surface area contributed by atoms with E-state index in [9.17, 15) is 0 Å². The predicted molar refractivity (Wildman–Crippen MR) is 87.8 cm³/mol. The summed E-state index contributed by atoms with van der Waals surface area (Å²) in [4.78, 5) is 8.78. The van der Waals surface area contributed by atoms with Gasteiger partial charge in [0.15, 0.2) is 0 Å². The third-order valence-corrected chi connectivity index (χ3v) is 5.69. The summed E-state index contributed by atoms with van der Waals surface area (Å²) < 4.78 is 0. The zero-order valence-corrected chi connectivity index (χ0v) is 12.7. The van der Waals surface area contributed by atoms with Gasteiger partial charge in [0.05, 0.1) is 0 Å². The lowest BCUT2D eigenvalue weighted by Gasteiger charge is -2.40. The first-order valence-electron chi connectivity index (χ1n) is 6.97. The van der Waals surface area contributed by atoms with E-state index >= 15 is 0 Å². The molecule has 2 unspecified atom stereocenters. The van der Waals surface area contributed by atoms with E-state index in [1.807, 2.05) is 11.3 Å². The standard InChI is InChI=1S/C16H16N2S2/c1-3-15(20-7-1)14-9-13(12-4-8-19-11-12)10-17-16(14)18-5-2-6-18/h1,3-4,7-11,14,16H,2,5-6H2. The maximum atomic E-state index is 4.87. The summed E-state index contributed by atoms with van der Waals surface area (Å²) in [6.45, 7) is 2.37. The van der Waals surface area contributed by atoms with Gasteiger partial charge in [0, 0.05) is 30.1 Å². The molecule has 2 aromatic heterocycles. The third-order valence-electron chi connectivity index (χ3n) is 4.04. The molecule has 0 aromatic carbocycles. The highest BCUT2D eigenvalue weighted by Crippen LogP contribution is 2.36. The zero-order chi connectivity index (χ0) is 13.4. The number of likely N-dealkylation sites (tertiary alicyclic amines) is 1. The molecule has 4 rings (SSSR count). The molecule has 0 radical (unpaired) electrons. The summed E-state index contributed by atoms with van der Waals surface area (Å²) in [7, 11) is 0. The lowest BCUT2D eigenvalue weighted by molar-refractivity contribution is 0.113. The van der Waals surface area contributed by atoms with Crippen molar-refractivity contribution in [1.82, 2.24) is 4.90 Å². The fraction of sp³-hybridized carbons (Fsp3) is 0.312. The molecule has 2 aromatic rings. The van der Waals surface area contributed by atoms with Crippen LogP contribution >= 0.6 is 22.7 Å². The normalized spacial score (nSPS) is 26.3. The molecule has 1 fully saturated rings. The van der Waals surface area contributed by atoms with Gasteiger partial charge in [0.1, 0.15) is 6.17 Å². The zero-order valence-electron chi connectivity index (χ0n) is 11.1. The SMILES string of the molecule is C1=NC(N2CCC2)C(c2cccs2)C=C1c1ccsc1. The summed E-state index contributed by atoms with van der Waals surface area (Å²) in [6, 6.07) is 6.56. The molecule has 2 aliphatic rings. The van der Waals surface area contributed by atoms with E-state index in [1.54, 1.807) is 11.3 Å². The van der Waals surface area contributed by atoms with Gasteiger partial charge >= 0.3 is 0 Å². The van der Waals surface area contributed by atoms with Crippen LogP contribution in [0.25, 0.3) is 5.57 Å². The van der Waals surface area contributed by atoms with Gasteiger partial charge in [-0.1, -0.05) is 12.1 Å². The lowest BCUT2D eigenvalue weighted by atomic mass is 9.93. The Morgan fingerprint density at radius 2 is 2.15 bits per heavy atom. The first-order valence-corrected chi connectivity index (χ1v) is 8.79. The van der Waals surface area contributed by atoms with E-state index in [0.29, 0.717) is 12.1 Å². The predicted octanol–water partition coefficient (Wildman–Crippen LogP) is 4.09. The Morgan fingerprint density at radius 3 is 2.80 bits per heavy atom. The molecule has 102 valence electrons. The highest BCUT2D eigenvalue weighted by atomic mass is 32.1. The Morgan fingerprint density at radius 1 is 1.20 bits per heavy atom. The number of hydrogen-bond acceptors (Lipinski definition) is 4. The van der Waals surface area contributed by atoms with E-state index in [-0.39, 0.29) is 0 Å². The number of hydrogen-bond donors (Lipinski definition) is 0. The van der Waals surface area contributed by atoms with Crippen LogP contribution in [0.1, 0.15) is 22.8 Å². The second kappa shape index (κ2) is 5.28. The first kappa shape index (κ1) is 12.5. The van der Waals surface area contributed by atoms with Crippen LogP contribution in [0.15, 0.2) is 45.4 Å². The first-order chi connectivity index (χ1) is 9.92. The molecule has 0 N–H and O–H groups in total. The number of rotatable bonds is 3. The van der Waals surface area contributed by atoms with Crippen molar-refractivity contribution < 1.29 is 0 Å². The van der Waals surface area contributed by atoms with Gasteiger partial charge in [-0.3, -0.25) is 9.89 Å². The summed E-state index contributed by atoms with van der Waals surface area (Å²) in [5.74, 6) is 0.398. The topological polar surface area (TPSA) is 15.6 Å². The molecular formula is C16H16N2S2. The molecule has 4 heteroatoms. The van der Waals surface area contributed by atoms with Crippen molar-refractivity contribution in [2.75, 3.05) is 13.1 Å². The van der Waals surface area contributed by atoms with Gasteiger partial charge in [0.2, 0.25) is 0 Å². The molecule has 2 atom stereocenters. The summed E-state index contributed by atoms with van der Waals surface area (Å²) in [5, 5.41) is 6.50. The van der Waals surface area contributed by atoms with Crippen molar-refractivity contribution >= 4 is 34.5 Å². The van der Waals surface area contributed by atoms with E-state index in [0.717, 1.165) is 0 Å². The molecule has 0 amide bonds. The van der Waals surface area contributed by atoms with E-state index in [2.05, 4.69) is 51.5 Å². The van der Waals surface area contributed by atoms with Gasteiger partial charge in [-0.05, 0) is 45.8 Å². The fourth-order valence-electron chi connectivity index (χ4n) is 2.81. The van der Waals surface area contributed by atoms with Crippen LogP contribution in [0.4, 0.5) is 0 Å². The molecule has 0 saturated carbocycles. The fourth-order valence-corrected chi connectivity index (χ4v) is 4.29. The number of thiophene rings is 2. The van der Waals surface area contributed by atoms with Gasteiger partial charge < -0.3 is 0 Å². The van der Waals surface area contributed by atoms with Gasteiger partial charge in [-0.2, -0.15) is 11.3 Å². The molecule has 0 spiro atoms. The molecule has 4 heterocycles. The summed E-state index contributed by atoms with van der Waals surface area (Å²) >= 11 is 3.59. The Hall–Kier alpha value is -1.23. The second-order valence-electron chi connectivity index (χ2n) is 5.26. The summed E-state index contributed by atoms with van der Waals surface area (Å²) in [5.41, 5.74) is 2.56. The largest absolute Gasteiger partial charge is 0.281 e. The van der Waals surface area contributed by atoms with Crippen molar-refractivity contribution in [3.8, 4) is 0 Å². The van der Waals surface area contributed by atoms with Crippen molar-refractivity contribution in [2.45, 2.75) is 18.5 Å². The monoisotopic (exact) mass is 300 g/mol. The van der Waals surface area contributed by atoms with Crippen LogP contribution in [-0.2, 0) is 0 Å². The van der Waals surface area contributed by atoms with Gasteiger partial charge in [-0.15, -0.1) is 11.3 Å². The molecule has 1 saturated heterocycles. The van der Waals surface area contributed by atoms with Crippen LogP contribution in [0.2, 0.25) is 0 Å². The minimum absolute atomic E-state index is 0.296. The molecule has 20 heavy (non-hydrogen) atoms. The molecule has 2 nitrogen and oxygen atoms in total. The minimum atomic E-state index is 0.296. The molecule has 0 bridgehead atoms. The quantitative estimate of drug-likeness (QED) is 0.833. The van der Waals surface area contributed by atoms with E-state index in [1.165, 1.54) is 35.5 Å². The minimum Gasteiger partial charge on any atom is -0.281 e. The highest BCUT2D eigenvalue weighted by Gasteiger charge is 2.32. The van der Waals surface area contributed by atoms with Crippen LogP contribution in [0.5, 0.6) is 0 Å². The molecule has 2 aliphatic heterocycles. The van der Waals surface area contributed by atoms with Crippen LogP contribution < -0.4 is 0 Å². The maximum Gasteiger partial charge on any atom is 0.113 e. The van der Waals surface area contributed by atoms with Crippen molar-refractivity contribution in [1.29, 1.82) is 0 Å². The maximum absolute atomic E-state index is 4.87. The number of dihydropyridines is 1. The molecule has 0 aliphatic carbocycles. The van der Waals surface area contributed by atoms with Crippen LogP contribution in [0, 0.1) is 0 Å². The van der Waals surface area contributed by atoms with E-state index in [4.69, 9.17) is 4.99 Å². The van der Waals surface area contributed by atoms with Crippen molar-refractivity contribution in [2.24, 2.45) is 4.99 Å². The average Bonchev–Trinajstić information content (AvgIpc) is 3.11. The third kappa shape index (κ3) is 2.18. The van der Waals surface area contributed by atoms with Crippen LogP contribution in [-0.4, -0.2) is 30.4 Å². The van der Waals surface area contributed by atoms with Gasteiger partial charge in [0.25, 0.3) is 0 Å². The van der Waals surface area contributed by atoms with E-state index < -0.39 is 0 Å². The number of allylic oxidation sites excluding steroid dienone is 1. The average molecular weight is 300 g/mol. The van der Waals surface area contributed by atoms with Crippen LogP contribution in [0.3, 0.4) is 0 Å². The smallest absolute Gasteiger partial charge is 0.113 e. The Kier molecular flexibility index (Phi) is 3.30. The number of nitrogens with zero attached hydrogens (tertiary/aromatic N) is 2. The lowest BCUT2D eigenvalue weighted by Crippen LogP contribution is -2.47. The Bertz CT molecular complexity index is 622. The van der Waals surface area contributed by atoms with Gasteiger partial charge in [-0.25, -0.2) is 0 Å². The Labute approximate surface area is 127 Å².